The summed E-state index contributed by atoms with van der Waals surface area (Å²) >= 11 is 0. The molecule has 3 aromatic carbocycles. The molecule has 7 heteroatoms. The number of sulfonamides is 1. The molecule has 1 fully saturated rings. The van der Waals surface area contributed by atoms with E-state index in [1.54, 1.807) is 12.1 Å². The summed E-state index contributed by atoms with van der Waals surface area (Å²) in [4.78, 5) is 2.50. The molecule has 1 aliphatic heterocycles. The van der Waals surface area contributed by atoms with Gasteiger partial charge in [0.15, 0.2) is 0 Å². The van der Waals surface area contributed by atoms with Gasteiger partial charge in [0, 0.05) is 18.5 Å². The molecule has 1 aromatic heterocycles. The first-order chi connectivity index (χ1) is 17.0. The Kier molecular flexibility index (Phi) is 6.59. The maximum atomic E-state index is 13.3. The topological polar surface area (TPSA) is 78.1 Å². The number of hydrogen-bond acceptors (Lipinski definition) is 4. The lowest BCUT2D eigenvalue weighted by Crippen LogP contribution is -2.21. The van der Waals surface area contributed by atoms with Crippen molar-refractivity contribution in [3.63, 3.8) is 0 Å². The van der Waals surface area contributed by atoms with Gasteiger partial charge in [-0.3, -0.25) is 9.82 Å². The molecule has 0 amide bonds. The number of aryl methyl sites for hydroxylation is 1. The third kappa shape index (κ3) is 5.10. The Labute approximate surface area is 206 Å². The van der Waals surface area contributed by atoms with E-state index in [4.69, 9.17) is 0 Å². The van der Waals surface area contributed by atoms with Crippen LogP contribution in [0.25, 0.3) is 23.1 Å². The fourth-order valence-electron chi connectivity index (χ4n) is 4.57. The molecule has 5 rings (SSSR count). The third-order valence-corrected chi connectivity index (χ3v) is 7.79. The second kappa shape index (κ2) is 9.96. The first-order valence-corrected chi connectivity index (χ1v) is 13.6. The molecule has 180 valence electrons. The van der Waals surface area contributed by atoms with Crippen molar-refractivity contribution in [1.82, 2.24) is 10.2 Å². The zero-order chi connectivity index (χ0) is 24.3. The van der Waals surface area contributed by atoms with E-state index in [-0.39, 0.29) is 4.90 Å². The number of anilines is 2. The number of H-pyrrole nitrogens is 1. The molecule has 0 atom stereocenters. The van der Waals surface area contributed by atoms with Gasteiger partial charge in [-0.1, -0.05) is 61.9 Å². The molecule has 2 heterocycles. The van der Waals surface area contributed by atoms with Crippen molar-refractivity contribution in [2.45, 2.75) is 37.5 Å². The van der Waals surface area contributed by atoms with Crippen LogP contribution in [0.5, 0.6) is 0 Å². The first kappa shape index (κ1) is 23.2. The van der Waals surface area contributed by atoms with Crippen LogP contribution in [0.15, 0.2) is 71.6 Å². The van der Waals surface area contributed by atoms with Gasteiger partial charge in [0.1, 0.15) is 0 Å². The van der Waals surface area contributed by atoms with Crippen LogP contribution in [-0.2, 0) is 16.4 Å². The van der Waals surface area contributed by atoms with Gasteiger partial charge >= 0.3 is 0 Å². The summed E-state index contributed by atoms with van der Waals surface area (Å²) in [5.41, 5.74) is 5.31. The van der Waals surface area contributed by atoms with Crippen molar-refractivity contribution in [3.05, 3.63) is 83.6 Å². The second-order valence-corrected chi connectivity index (χ2v) is 10.6. The number of rotatable bonds is 8. The van der Waals surface area contributed by atoms with Crippen LogP contribution in [0.2, 0.25) is 0 Å². The van der Waals surface area contributed by atoms with Gasteiger partial charge in [0.25, 0.3) is 10.0 Å². The fraction of sp³-hybridized carbons (Fsp3) is 0.250. The van der Waals surface area contributed by atoms with Crippen LogP contribution in [0.4, 0.5) is 11.4 Å². The molecule has 1 aliphatic rings. The number of aromatic amines is 1. The predicted molar refractivity (Wildman–Crippen MR) is 144 cm³/mol. The molecule has 0 saturated carbocycles. The Morgan fingerprint density at radius 3 is 2.46 bits per heavy atom. The largest absolute Gasteiger partial charge is 0.370 e. The van der Waals surface area contributed by atoms with Gasteiger partial charge in [0.05, 0.1) is 27.5 Å². The summed E-state index contributed by atoms with van der Waals surface area (Å²) in [5.74, 6) is 0. The minimum atomic E-state index is -3.74. The van der Waals surface area contributed by atoms with E-state index in [9.17, 15) is 8.42 Å². The summed E-state index contributed by atoms with van der Waals surface area (Å²) in [5, 5.41) is 8.49. The maximum Gasteiger partial charge on any atom is 0.261 e. The molecule has 35 heavy (non-hydrogen) atoms. The number of hydrogen-bond donors (Lipinski definition) is 2. The number of aromatic nitrogens is 2. The van der Waals surface area contributed by atoms with Crippen LogP contribution < -0.4 is 9.62 Å². The van der Waals surface area contributed by atoms with E-state index in [1.165, 1.54) is 0 Å². The highest BCUT2D eigenvalue weighted by Gasteiger charge is 2.22. The number of nitrogens with one attached hydrogen (secondary N) is 2. The summed E-state index contributed by atoms with van der Waals surface area (Å²) in [7, 11) is -3.74. The van der Waals surface area contributed by atoms with Crippen molar-refractivity contribution in [2.24, 2.45) is 0 Å². The van der Waals surface area contributed by atoms with E-state index in [2.05, 4.69) is 26.7 Å². The number of fused-ring (bicyclic) bond motifs is 1. The average Bonchev–Trinajstić information content (AvgIpc) is 3.53. The quantitative estimate of drug-likeness (QED) is 0.316. The molecule has 2 N–H and O–H groups in total. The van der Waals surface area contributed by atoms with Gasteiger partial charge in [-0.15, -0.1) is 0 Å². The summed E-state index contributed by atoms with van der Waals surface area (Å²) < 4.78 is 29.6. The second-order valence-electron chi connectivity index (χ2n) is 8.96. The van der Waals surface area contributed by atoms with Gasteiger partial charge < -0.3 is 4.90 Å². The Hall–Kier alpha value is -3.58. The third-order valence-electron chi connectivity index (χ3n) is 6.41. The smallest absolute Gasteiger partial charge is 0.261 e. The van der Waals surface area contributed by atoms with Crippen molar-refractivity contribution < 1.29 is 8.42 Å². The van der Waals surface area contributed by atoms with E-state index >= 15 is 0 Å². The van der Waals surface area contributed by atoms with Crippen LogP contribution in [0.1, 0.15) is 43.0 Å². The lowest BCUT2D eigenvalue weighted by Gasteiger charge is -2.22. The van der Waals surface area contributed by atoms with Gasteiger partial charge in [-0.25, -0.2) is 8.42 Å². The normalized spacial score (nSPS) is 14.3. The van der Waals surface area contributed by atoms with Crippen molar-refractivity contribution in [1.29, 1.82) is 0 Å². The lowest BCUT2D eigenvalue weighted by molar-refractivity contribution is 0.601. The van der Waals surface area contributed by atoms with Crippen LogP contribution >= 0.6 is 0 Å². The zero-order valence-electron chi connectivity index (χ0n) is 19.9. The fourth-order valence-corrected chi connectivity index (χ4v) is 5.63. The molecule has 0 spiro atoms. The maximum absolute atomic E-state index is 13.3. The first-order valence-electron chi connectivity index (χ1n) is 12.2. The molecule has 4 aromatic rings. The highest BCUT2D eigenvalue weighted by atomic mass is 32.2. The van der Waals surface area contributed by atoms with Crippen LogP contribution in [-0.4, -0.2) is 31.7 Å². The Bertz CT molecular complexity index is 1440. The van der Waals surface area contributed by atoms with E-state index < -0.39 is 10.0 Å². The minimum Gasteiger partial charge on any atom is -0.370 e. The molecular formula is C28H30N4O2S. The highest BCUT2D eigenvalue weighted by molar-refractivity contribution is 7.92. The SMILES string of the molecule is CCCc1ccc(S(=O)(=O)Nc2cc3c(/C=C/c4ccccc4)n[nH]c3cc2N2CCCC2)cc1. The van der Waals surface area contributed by atoms with Crippen molar-refractivity contribution >= 4 is 44.5 Å². The standard InChI is InChI=1S/C28H30N4O2S/c1-2-8-21-11-14-23(15-12-21)35(33,34)31-27-19-24-25(16-13-22-9-4-3-5-10-22)29-30-26(24)20-28(27)32-17-6-7-18-32/h3-5,9-16,19-20,31H,2,6-8,17-18H2,1H3,(H,29,30)/b16-13+. The zero-order valence-corrected chi connectivity index (χ0v) is 20.7. The molecule has 1 saturated heterocycles. The molecule has 0 aliphatic carbocycles. The van der Waals surface area contributed by atoms with E-state index in [0.717, 1.165) is 72.2 Å². The highest BCUT2D eigenvalue weighted by Crippen LogP contribution is 2.35. The summed E-state index contributed by atoms with van der Waals surface area (Å²) in [6.45, 7) is 3.92. The molecule has 0 radical (unpaired) electrons. The summed E-state index contributed by atoms with van der Waals surface area (Å²) in [6, 6.07) is 21.1. The summed E-state index contributed by atoms with van der Waals surface area (Å²) in [6.07, 6.45) is 8.10. The average molecular weight is 487 g/mol. The van der Waals surface area contributed by atoms with Crippen molar-refractivity contribution in [2.75, 3.05) is 22.7 Å². The Morgan fingerprint density at radius 2 is 1.74 bits per heavy atom. The minimum absolute atomic E-state index is 0.265. The van der Waals surface area contributed by atoms with Crippen molar-refractivity contribution in [3.8, 4) is 0 Å². The predicted octanol–water partition coefficient (Wildman–Crippen LogP) is 6.09. The number of benzene rings is 3. The van der Waals surface area contributed by atoms with Gasteiger partial charge in [0.2, 0.25) is 0 Å². The van der Waals surface area contributed by atoms with Gasteiger partial charge in [-0.05, 0) is 60.7 Å². The van der Waals surface area contributed by atoms with Crippen LogP contribution in [0.3, 0.4) is 0 Å². The molecular weight excluding hydrogens is 456 g/mol. The van der Waals surface area contributed by atoms with Gasteiger partial charge in [-0.2, -0.15) is 5.10 Å². The Morgan fingerprint density at radius 1 is 1.00 bits per heavy atom. The molecule has 0 unspecified atom stereocenters. The van der Waals surface area contributed by atoms with E-state index in [0.29, 0.717) is 5.69 Å². The molecule has 6 nitrogen and oxygen atoms in total. The Balaban J connectivity index is 1.52. The van der Waals surface area contributed by atoms with Crippen LogP contribution in [0, 0.1) is 0 Å². The monoisotopic (exact) mass is 486 g/mol. The lowest BCUT2D eigenvalue weighted by atomic mass is 10.1. The molecule has 0 bridgehead atoms. The number of nitrogens with zero attached hydrogens (tertiary/aromatic N) is 2. The van der Waals surface area contributed by atoms with E-state index in [1.807, 2.05) is 66.7 Å².